The molecule has 0 radical (unpaired) electrons. The number of anilines is 1. The molecule has 0 fully saturated rings. The highest BCUT2D eigenvalue weighted by atomic mass is 16.5. The van der Waals surface area contributed by atoms with Crippen molar-refractivity contribution in [1.29, 1.82) is 0 Å². The van der Waals surface area contributed by atoms with Gasteiger partial charge < -0.3 is 19.9 Å². The lowest BCUT2D eigenvalue weighted by atomic mass is 9.72. The lowest BCUT2D eigenvalue weighted by molar-refractivity contribution is 0.0462. The minimum atomic E-state index is -1.04. The van der Waals surface area contributed by atoms with Crippen molar-refractivity contribution in [2.75, 3.05) is 25.0 Å². The van der Waals surface area contributed by atoms with Gasteiger partial charge >= 0.3 is 5.97 Å². The summed E-state index contributed by atoms with van der Waals surface area (Å²) in [4.78, 5) is 31.4. The Morgan fingerprint density at radius 3 is 2.62 bits per heavy atom. The smallest absolute Gasteiger partial charge is 0.336 e. The van der Waals surface area contributed by atoms with Gasteiger partial charge in [0.25, 0.3) is 0 Å². The number of allylic oxidation sites excluding steroid dienone is 5. The number of aromatic carboxylic acids is 1. The van der Waals surface area contributed by atoms with E-state index in [-0.39, 0.29) is 41.1 Å². The number of carboxylic acid groups (broad SMARTS) is 1. The van der Waals surface area contributed by atoms with Gasteiger partial charge in [-0.3, -0.25) is 9.79 Å². The predicted octanol–water partition coefficient (Wildman–Crippen LogP) is 8.93. The van der Waals surface area contributed by atoms with E-state index in [0.717, 1.165) is 72.5 Å². The monoisotopic (exact) mass is 638 g/mol. The highest BCUT2D eigenvalue weighted by molar-refractivity contribution is 6.09. The van der Waals surface area contributed by atoms with Crippen molar-refractivity contribution in [3.8, 4) is 5.75 Å². The van der Waals surface area contributed by atoms with Gasteiger partial charge in [0.2, 0.25) is 0 Å². The number of carbonyl (C=O) groups is 2. The molecule has 2 aromatic rings. The first kappa shape index (κ1) is 34.4. The Bertz CT molecular complexity index is 1620. The maximum atomic E-state index is 13.8. The van der Waals surface area contributed by atoms with Crippen LogP contribution < -0.4 is 10.1 Å². The van der Waals surface area contributed by atoms with E-state index in [0.29, 0.717) is 30.0 Å². The molecule has 47 heavy (non-hydrogen) atoms. The second-order valence-electron chi connectivity index (χ2n) is 13.1. The third kappa shape index (κ3) is 7.62. The summed E-state index contributed by atoms with van der Waals surface area (Å²) >= 11 is 0. The molecule has 2 aliphatic carbocycles. The summed E-state index contributed by atoms with van der Waals surface area (Å²) in [7, 11) is 0. The van der Waals surface area contributed by atoms with Crippen LogP contribution in [0.2, 0.25) is 0 Å². The van der Waals surface area contributed by atoms with E-state index in [2.05, 4.69) is 48.5 Å². The largest absolute Gasteiger partial charge is 0.478 e. The van der Waals surface area contributed by atoms with Gasteiger partial charge in [-0.2, -0.15) is 0 Å². The highest BCUT2D eigenvalue weighted by Gasteiger charge is 2.39. The molecule has 1 heterocycles. The SMILES string of the molecule is CCN=C1C=C2Oc3cc(NCC)c(C)cc3C(c3ccc(C(=O)C(C)CC4/C=C/CCC(OCC)CC4)cc3C(=O)O)C2C=C1C. The number of hydrogen-bond donors (Lipinski definition) is 2. The molecule has 2 N–H and O–H groups in total. The summed E-state index contributed by atoms with van der Waals surface area (Å²) in [6.07, 6.45) is 13.6. The Morgan fingerprint density at radius 2 is 1.89 bits per heavy atom. The third-order valence-electron chi connectivity index (χ3n) is 9.75. The maximum absolute atomic E-state index is 13.8. The van der Waals surface area contributed by atoms with E-state index >= 15 is 0 Å². The van der Waals surface area contributed by atoms with Crippen molar-refractivity contribution in [1.82, 2.24) is 0 Å². The van der Waals surface area contributed by atoms with Gasteiger partial charge in [0, 0.05) is 66.4 Å². The van der Waals surface area contributed by atoms with E-state index in [1.807, 2.05) is 52.0 Å². The average molecular weight is 639 g/mol. The summed E-state index contributed by atoms with van der Waals surface area (Å²) in [6, 6.07) is 9.40. The summed E-state index contributed by atoms with van der Waals surface area (Å²) in [5.74, 6) is -0.107. The lowest BCUT2D eigenvalue weighted by Crippen LogP contribution is -2.29. The van der Waals surface area contributed by atoms with Gasteiger partial charge in [-0.25, -0.2) is 4.79 Å². The average Bonchev–Trinajstić information content (AvgIpc) is 3.03. The number of ether oxygens (including phenoxy) is 2. The number of benzene rings is 2. The van der Waals surface area contributed by atoms with E-state index in [1.54, 1.807) is 6.07 Å². The van der Waals surface area contributed by atoms with Gasteiger partial charge in [-0.05, 0) is 101 Å². The zero-order chi connectivity index (χ0) is 33.7. The number of rotatable bonds is 11. The Hall–Kier alpha value is -3.97. The Balaban J connectivity index is 1.50. The van der Waals surface area contributed by atoms with Crippen LogP contribution in [0.1, 0.15) is 110 Å². The number of hydrogen-bond acceptors (Lipinski definition) is 6. The van der Waals surface area contributed by atoms with Crippen molar-refractivity contribution in [2.45, 2.75) is 85.7 Å². The van der Waals surface area contributed by atoms with Crippen molar-refractivity contribution in [3.05, 3.63) is 93.8 Å². The second-order valence-corrected chi connectivity index (χ2v) is 13.1. The molecule has 0 spiro atoms. The molecule has 7 heteroatoms. The number of nitrogens with zero attached hydrogens (tertiary/aromatic N) is 1. The Kier molecular flexibility index (Phi) is 11.2. The quantitative estimate of drug-likeness (QED) is 0.188. The molecular formula is C40H50N2O5. The number of nitrogens with one attached hydrogen (secondary N) is 1. The molecule has 0 saturated carbocycles. The third-order valence-corrected chi connectivity index (χ3v) is 9.75. The molecule has 0 saturated heterocycles. The number of aliphatic imine (C=N–C) groups is 1. The van der Waals surface area contributed by atoms with Crippen molar-refractivity contribution in [2.24, 2.45) is 22.7 Å². The van der Waals surface area contributed by atoms with Gasteiger partial charge in [-0.1, -0.05) is 37.3 Å². The number of carboxylic acids is 1. The fraction of sp³-hybridized carbons (Fsp3) is 0.475. The van der Waals surface area contributed by atoms with Gasteiger partial charge in [0.1, 0.15) is 11.5 Å². The number of fused-ring (bicyclic) bond motifs is 2. The van der Waals surface area contributed by atoms with Gasteiger partial charge in [0.05, 0.1) is 17.4 Å². The van der Waals surface area contributed by atoms with Gasteiger partial charge in [0.15, 0.2) is 5.78 Å². The minimum Gasteiger partial charge on any atom is -0.478 e. The van der Waals surface area contributed by atoms with Crippen LogP contribution >= 0.6 is 0 Å². The van der Waals surface area contributed by atoms with Crippen LogP contribution in [0.15, 0.2) is 71.0 Å². The molecule has 5 unspecified atom stereocenters. The molecule has 7 nitrogen and oxygen atoms in total. The van der Waals surface area contributed by atoms with E-state index in [1.165, 1.54) is 0 Å². The number of aryl methyl sites for hydroxylation is 1. The summed E-state index contributed by atoms with van der Waals surface area (Å²) in [5, 5.41) is 14.0. The molecule has 3 aliphatic rings. The van der Waals surface area contributed by atoms with Gasteiger partial charge in [-0.15, -0.1) is 0 Å². The van der Waals surface area contributed by atoms with Crippen LogP contribution in [0.3, 0.4) is 0 Å². The number of ketones is 1. The summed E-state index contributed by atoms with van der Waals surface area (Å²) in [5.41, 5.74) is 6.14. The van der Waals surface area contributed by atoms with Crippen LogP contribution in [-0.2, 0) is 4.74 Å². The first-order chi connectivity index (χ1) is 22.6. The van der Waals surface area contributed by atoms with Crippen molar-refractivity contribution in [3.63, 3.8) is 0 Å². The zero-order valence-electron chi connectivity index (χ0n) is 28.8. The molecule has 250 valence electrons. The molecule has 1 aliphatic heterocycles. The molecule has 0 aromatic heterocycles. The highest BCUT2D eigenvalue weighted by Crippen LogP contribution is 2.50. The van der Waals surface area contributed by atoms with Crippen molar-refractivity contribution >= 4 is 23.2 Å². The van der Waals surface area contributed by atoms with Crippen LogP contribution in [0.5, 0.6) is 5.75 Å². The molecular weight excluding hydrogens is 588 g/mol. The van der Waals surface area contributed by atoms with Crippen LogP contribution in [0, 0.1) is 24.7 Å². The zero-order valence-corrected chi connectivity index (χ0v) is 28.8. The standard InChI is InChI=1S/C40H50N2O5/c1-7-41-34-22-36-32(19-24(34)4)38(33-20-25(5)35(42-8-2)23-37(33)47-36)30-17-15-28(21-31(30)40(44)45)39(43)26(6)18-27-12-10-11-13-29(16-14-27)46-9-3/h10,12,15,17,19-23,26-27,29,32,38,42H,7-9,11,13-14,16,18H2,1-6H3,(H,44,45)/b12-10+,41-34?. The normalized spacial score (nSPS) is 24.4. The Labute approximate surface area is 279 Å². The molecule has 5 atom stereocenters. The predicted molar refractivity (Wildman–Crippen MR) is 189 cm³/mol. The molecule has 0 bridgehead atoms. The number of carbonyl (C=O) groups excluding carboxylic acids is 1. The fourth-order valence-electron chi connectivity index (χ4n) is 7.41. The lowest BCUT2D eigenvalue weighted by Gasteiger charge is -2.37. The topological polar surface area (TPSA) is 97.2 Å². The first-order valence-electron chi connectivity index (χ1n) is 17.4. The molecule has 0 amide bonds. The molecule has 5 rings (SSSR count). The number of Topliss-reactive ketones (excluding diaryl/α,β-unsaturated/α-hetero) is 1. The summed E-state index contributed by atoms with van der Waals surface area (Å²) < 4.78 is 12.4. The van der Waals surface area contributed by atoms with Crippen LogP contribution in [-0.4, -0.2) is 48.4 Å². The minimum absolute atomic E-state index is 0.0243. The van der Waals surface area contributed by atoms with E-state index in [4.69, 9.17) is 9.47 Å². The molecule has 2 aromatic carbocycles. The van der Waals surface area contributed by atoms with E-state index in [9.17, 15) is 14.7 Å². The van der Waals surface area contributed by atoms with Crippen LogP contribution in [0.25, 0.3) is 0 Å². The Morgan fingerprint density at radius 1 is 1.09 bits per heavy atom. The second kappa shape index (κ2) is 15.3. The fourth-order valence-corrected chi connectivity index (χ4v) is 7.41. The van der Waals surface area contributed by atoms with E-state index < -0.39 is 5.97 Å². The first-order valence-corrected chi connectivity index (χ1v) is 17.4. The summed E-state index contributed by atoms with van der Waals surface area (Å²) in [6.45, 7) is 14.3. The van der Waals surface area contributed by atoms with Crippen molar-refractivity contribution < 1.29 is 24.2 Å². The maximum Gasteiger partial charge on any atom is 0.336 e. The van der Waals surface area contributed by atoms with Crippen LogP contribution in [0.4, 0.5) is 5.69 Å².